The van der Waals surface area contributed by atoms with Crippen molar-refractivity contribution in [2.75, 3.05) is 0 Å². The van der Waals surface area contributed by atoms with Crippen molar-refractivity contribution in [2.45, 2.75) is 13.1 Å². The number of hydrogen-bond donors (Lipinski definition) is 0. The van der Waals surface area contributed by atoms with E-state index in [-0.39, 0.29) is 0 Å². The zero-order valence-electron chi connectivity index (χ0n) is 28.7. The van der Waals surface area contributed by atoms with Gasteiger partial charge in [0, 0.05) is 22.0 Å². The standard InChI is InChI=1S/C48H36N2Si/c1-51(2)44-27-13-12-26-43(44)45-46(39-25-15-24-38(29-39)37-23-14-22-36(28-37)33-16-6-3-7-17-33)49-47(50-48(45)51)42-31-40(34-18-8-4-9-19-34)30-41(32-42)35-20-10-5-11-21-35/h3-32H,1-2H3. The molecule has 0 spiro atoms. The summed E-state index contributed by atoms with van der Waals surface area (Å²) in [6.07, 6.45) is 0. The van der Waals surface area contributed by atoms with Crippen molar-refractivity contribution in [3.8, 4) is 78.3 Å². The van der Waals surface area contributed by atoms with Crippen molar-refractivity contribution in [3.63, 3.8) is 0 Å². The van der Waals surface area contributed by atoms with E-state index in [0.29, 0.717) is 0 Å². The minimum atomic E-state index is -2.14. The Morgan fingerprint density at radius 1 is 0.353 bits per heavy atom. The zero-order chi connectivity index (χ0) is 34.4. The third-order valence-electron chi connectivity index (χ3n) is 10.2. The van der Waals surface area contributed by atoms with Crippen molar-refractivity contribution >= 4 is 18.6 Å². The monoisotopic (exact) mass is 668 g/mol. The fourth-order valence-corrected chi connectivity index (χ4v) is 10.5. The molecule has 3 heteroatoms. The molecule has 51 heavy (non-hydrogen) atoms. The molecule has 0 saturated carbocycles. The quantitative estimate of drug-likeness (QED) is 0.165. The van der Waals surface area contributed by atoms with Crippen molar-refractivity contribution in [2.24, 2.45) is 0 Å². The molecule has 7 aromatic carbocycles. The van der Waals surface area contributed by atoms with Gasteiger partial charge in [-0.2, -0.15) is 0 Å². The van der Waals surface area contributed by atoms with Gasteiger partial charge in [0.15, 0.2) is 5.82 Å². The number of aromatic nitrogens is 2. The Labute approximate surface area is 300 Å². The first-order valence-corrected chi connectivity index (χ1v) is 20.6. The van der Waals surface area contributed by atoms with Crippen LogP contribution in [0.2, 0.25) is 13.1 Å². The molecule has 1 aromatic heterocycles. The average Bonchev–Trinajstić information content (AvgIpc) is 3.44. The third-order valence-corrected chi connectivity index (χ3v) is 13.5. The first-order valence-electron chi connectivity index (χ1n) is 17.6. The highest BCUT2D eigenvalue weighted by molar-refractivity contribution is 7.03. The van der Waals surface area contributed by atoms with E-state index in [1.165, 1.54) is 55.0 Å². The highest BCUT2D eigenvalue weighted by atomic mass is 28.3. The molecule has 8 aromatic rings. The van der Waals surface area contributed by atoms with Crippen LogP contribution in [0.15, 0.2) is 182 Å². The zero-order valence-corrected chi connectivity index (χ0v) is 29.7. The average molecular weight is 669 g/mol. The minimum absolute atomic E-state index is 0.767. The molecule has 0 amide bonds. The molecule has 0 fully saturated rings. The molecule has 0 saturated heterocycles. The summed E-state index contributed by atoms with van der Waals surface area (Å²) in [4.78, 5) is 11.1. The maximum Gasteiger partial charge on any atom is 0.159 e. The van der Waals surface area contributed by atoms with Crippen LogP contribution in [0.1, 0.15) is 0 Å². The summed E-state index contributed by atoms with van der Waals surface area (Å²) in [5.41, 5.74) is 15.0. The first-order chi connectivity index (χ1) is 25.0. The summed E-state index contributed by atoms with van der Waals surface area (Å²) < 4.78 is 0. The molecule has 9 rings (SSSR count). The summed E-state index contributed by atoms with van der Waals surface area (Å²) in [5, 5.41) is 2.62. The van der Waals surface area contributed by atoms with Gasteiger partial charge < -0.3 is 0 Å². The van der Waals surface area contributed by atoms with Gasteiger partial charge in [-0.25, -0.2) is 9.97 Å². The van der Waals surface area contributed by atoms with Gasteiger partial charge in [-0.1, -0.05) is 165 Å². The van der Waals surface area contributed by atoms with Gasteiger partial charge in [0.2, 0.25) is 0 Å². The number of nitrogens with zero attached hydrogens (tertiary/aromatic N) is 2. The molecule has 0 unspecified atom stereocenters. The first kappa shape index (κ1) is 30.9. The summed E-state index contributed by atoms with van der Waals surface area (Å²) in [6, 6.07) is 65.2. The lowest BCUT2D eigenvalue weighted by Gasteiger charge is -2.19. The molecule has 2 heterocycles. The molecular formula is C48H36N2Si. The van der Waals surface area contributed by atoms with Crippen molar-refractivity contribution in [1.29, 1.82) is 0 Å². The second-order valence-corrected chi connectivity index (χ2v) is 18.1. The van der Waals surface area contributed by atoms with Crippen LogP contribution in [0, 0.1) is 0 Å². The normalized spacial score (nSPS) is 12.7. The molecule has 0 atom stereocenters. The highest BCUT2D eigenvalue weighted by Crippen LogP contribution is 2.39. The fourth-order valence-electron chi connectivity index (χ4n) is 7.59. The molecule has 0 radical (unpaired) electrons. The molecule has 1 aliphatic heterocycles. The molecule has 1 aliphatic rings. The Morgan fingerprint density at radius 2 is 0.765 bits per heavy atom. The van der Waals surface area contributed by atoms with Crippen LogP contribution in [-0.4, -0.2) is 18.0 Å². The lowest BCUT2D eigenvalue weighted by atomic mass is 9.94. The number of hydrogen-bond acceptors (Lipinski definition) is 2. The van der Waals surface area contributed by atoms with Crippen LogP contribution in [-0.2, 0) is 0 Å². The summed E-state index contributed by atoms with van der Waals surface area (Å²) in [6.45, 7) is 4.86. The van der Waals surface area contributed by atoms with Crippen LogP contribution in [0.5, 0.6) is 0 Å². The van der Waals surface area contributed by atoms with E-state index in [4.69, 9.17) is 9.97 Å². The van der Waals surface area contributed by atoms with Gasteiger partial charge >= 0.3 is 0 Å². The number of benzene rings is 7. The van der Waals surface area contributed by atoms with E-state index in [2.05, 4.69) is 195 Å². The van der Waals surface area contributed by atoms with E-state index in [9.17, 15) is 0 Å². The van der Waals surface area contributed by atoms with Crippen LogP contribution in [0.4, 0.5) is 0 Å². The predicted molar refractivity (Wildman–Crippen MR) is 217 cm³/mol. The third kappa shape index (κ3) is 5.62. The lowest BCUT2D eigenvalue weighted by Crippen LogP contribution is -2.50. The Balaban J connectivity index is 1.26. The smallest absolute Gasteiger partial charge is 0.159 e. The van der Waals surface area contributed by atoms with Gasteiger partial charge in [0.1, 0.15) is 8.07 Å². The summed E-state index contributed by atoms with van der Waals surface area (Å²) >= 11 is 0. The van der Waals surface area contributed by atoms with Gasteiger partial charge in [0.25, 0.3) is 0 Å². The van der Waals surface area contributed by atoms with Crippen molar-refractivity contribution in [1.82, 2.24) is 9.97 Å². The molecule has 242 valence electrons. The fraction of sp³-hybridized carbons (Fsp3) is 0.0417. The van der Waals surface area contributed by atoms with Crippen molar-refractivity contribution < 1.29 is 0 Å². The van der Waals surface area contributed by atoms with E-state index < -0.39 is 8.07 Å². The highest BCUT2D eigenvalue weighted by Gasteiger charge is 2.41. The van der Waals surface area contributed by atoms with Crippen LogP contribution >= 0.6 is 0 Å². The summed E-state index contributed by atoms with van der Waals surface area (Å²) in [5.74, 6) is 0.767. The van der Waals surface area contributed by atoms with Gasteiger partial charge in [-0.15, -0.1) is 0 Å². The van der Waals surface area contributed by atoms with Crippen molar-refractivity contribution in [3.05, 3.63) is 182 Å². The topological polar surface area (TPSA) is 25.8 Å². The number of rotatable bonds is 6. The van der Waals surface area contributed by atoms with Gasteiger partial charge in [-0.3, -0.25) is 0 Å². The van der Waals surface area contributed by atoms with Crippen LogP contribution < -0.4 is 10.5 Å². The van der Waals surface area contributed by atoms with E-state index in [0.717, 1.165) is 33.8 Å². The molecule has 0 N–H and O–H groups in total. The lowest BCUT2D eigenvalue weighted by molar-refractivity contribution is 1.21. The number of fused-ring (bicyclic) bond motifs is 3. The van der Waals surface area contributed by atoms with Gasteiger partial charge in [0.05, 0.1) is 5.69 Å². The molecular weight excluding hydrogens is 633 g/mol. The second kappa shape index (κ2) is 12.6. The van der Waals surface area contributed by atoms with E-state index in [1.54, 1.807) is 0 Å². The Morgan fingerprint density at radius 3 is 1.35 bits per heavy atom. The Kier molecular flexibility index (Phi) is 7.64. The molecule has 0 bridgehead atoms. The Hall–Kier alpha value is -6.16. The Bertz CT molecular complexity index is 2480. The largest absolute Gasteiger partial charge is 0.237 e. The maximum absolute atomic E-state index is 5.53. The van der Waals surface area contributed by atoms with E-state index >= 15 is 0 Å². The van der Waals surface area contributed by atoms with Crippen LogP contribution in [0.3, 0.4) is 0 Å². The van der Waals surface area contributed by atoms with Gasteiger partial charge in [-0.05, 0) is 85.6 Å². The second-order valence-electron chi connectivity index (χ2n) is 13.8. The molecule has 2 nitrogen and oxygen atoms in total. The molecule has 0 aliphatic carbocycles. The summed E-state index contributed by atoms with van der Waals surface area (Å²) in [7, 11) is -2.14. The van der Waals surface area contributed by atoms with Crippen LogP contribution in [0.25, 0.3) is 78.3 Å². The minimum Gasteiger partial charge on any atom is -0.237 e. The SMILES string of the molecule is C[Si]1(C)c2ccccc2-c2c(-c3cccc(-c4cccc(-c5ccccc5)c4)c3)nc(-c3cc(-c4ccccc4)cc(-c4ccccc4)c3)nc21. The maximum atomic E-state index is 5.53. The van der Waals surface area contributed by atoms with E-state index in [1.807, 2.05) is 0 Å². The predicted octanol–water partition coefficient (Wildman–Crippen LogP) is 11.3.